The third-order valence-electron chi connectivity index (χ3n) is 1.08. The summed E-state index contributed by atoms with van der Waals surface area (Å²) in [5.74, 6) is 0.377. The van der Waals surface area contributed by atoms with E-state index in [4.69, 9.17) is 0 Å². The van der Waals surface area contributed by atoms with Gasteiger partial charge in [-0.05, 0) is 12.1 Å². The van der Waals surface area contributed by atoms with Gasteiger partial charge in [0, 0.05) is 6.20 Å². The molecule has 1 aromatic heterocycles. The lowest BCUT2D eigenvalue weighted by Gasteiger charge is -2.06. The van der Waals surface area contributed by atoms with Gasteiger partial charge in [-0.25, -0.2) is 0 Å². The number of hydrogen-bond acceptors (Lipinski definition) is 1. The Morgan fingerprint density at radius 1 is 1.45 bits per heavy atom. The van der Waals surface area contributed by atoms with Crippen LogP contribution in [0.3, 0.4) is 0 Å². The molecule has 1 rings (SSSR count). The van der Waals surface area contributed by atoms with Gasteiger partial charge in [-0.3, -0.25) is 0 Å². The van der Waals surface area contributed by atoms with Crippen LogP contribution in [0.1, 0.15) is 0 Å². The minimum absolute atomic E-state index is 0.377. The molecule has 0 bridgehead atoms. The Morgan fingerprint density at radius 3 is 2.64 bits per heavy atom. The maximum atomic E-state index is 11.6. The predicted octanol–water partition coefficient (Wildman–Crippen LogP) is 1.99. The molecule has 0 unspecified atom stereocenters. The summed E-state index contributed by atoms with van der Waals surface area (Å²) >= 11 is 0. The van der Waals surface area contributed by atoms with Crippen molar-refractivity contribution in [2.75, 3.05) is 11.9 Å². The summed E-state index contributed by atoms with van der Waals surface area (Å²) in [6, 6.07) is 3.16. The lowest BCUT2D eigenvalue weighted by Crippen LogP contribution is -2.21. The second-order valence-corrected chi connectivity index (χ2v) is 2.05. The van der Waals surface area contributed by atoms with E-state index in [1.54, 1.807) is 12.3 Å². The van der Waals surface area contributed by atoms with Crippen molar-refractivity contribution >= 4 is 5.82 Å². The van der Waals surface area contributed by atoms with Crippen molar-refractivity contribution in [3.8, 4) is 0 Å². The van der Waals surface area contributed by atoms with Gasteiger partial charge in [0.25, 0.3) is 0 Å². The van der Waals surface area contributed by atoms with Crippen LogP contribution in [0, 0.1) is 0 Å². The second-order valence-electron chi connectivity index (χ2n) is 2.05. The molecule has 1 aromatic rings. The van der Waals surface area contributed by atoms with Gasteiger partial charge in [-0.1, -0.05) is 0 Å². The molecular formula is C6H7F3N2. The Morgan fingerprint density at radius 2 is 2.18 bits per heavy atom. The van der Waals surface area contributed by atoms with Crippen LogP contribution in [0.2, 0.25) is 0 Å². The fraction of sp³-hybridized carbons (Fsp3) is 0.333. The predicted molar refractivity (Wildman–Crippen MR) is 35.3 cm³/mol. The highest BCUT2D eigenvalue weighted by Gasteiger charge is 2.26. The number of hydrogen-bond donors (Lipinski definition) is 2. The number of nitrogens with one attached hydrogen (secondary N) is 2. The molecule has 1 heterocycles. The SMILES string of the molecule is FC(F)(F)CNc1ccc[nH]1. The van der Waals surface area contributed by atoms with E-state index in [9.17, 15) is 13.2 Å². The number of rotatable bonds is 2. The van der Waals surface area contributed by atoms with Crippen LogP contribution < -0.4 is 5.32 Å². The van der Waals surface area contributed by atoms with Crippen molar-refractivity contribution in [2.24, 2.45) is 0 Å². The largest absolute Gasteiger partial charge is 0.405 e. The maximum absolute atomic E-state index is 11.6. The van der Waals surface area contributed by atoms with Gasteiger partial charge in [0.1, 0.15) is 12.4 Å². The quantitative estimate of drug-likeness (QED) is 0.687. The molecule has 0 saturated heterocycles. The van der Waals surface area contributed by atoms with E-state index in [1.165, 1.54) is 6.07 Å². The number of alkyl halides is 3. The highest BCUT2D eigenvalue weighted by Crippen LogP contribution is 2.14. The zero-order valence-electron chi connectivity index (χ0n) is 5.57. The van der Waals surface area contributed by atoms with E-state index in [-0.39, 0.29) is 0 Å². The van der Waals surface area contributed by atoms with E-state index in [0.717, 1.165) is 0 Å². The minimum Gasteiger partial charge on any atom is -0.363 e. The van der Waals surface area contributed by atoms with Gasteiger partial charge in [-0.2, -0.15) is 13.2 Å². The molecule has 2 N–H and O–H groups in total. The molecule has 0 amide bonds. The Hall–Kier alpha value is -1.13. The van der Waals surface area contributed by atoms with Gasteiger partial charge in [-0.15, -0.1) is 0 Å². The van der Waals surface area contributed by atoms with Crippen molar-refractivity contribution in [3.05, 3.63) is 18.3 Å². The highest BCUT2D eigenvalue weighted by molar-refractivity contribution is 5.34. The molecular weight excluding hydrogens is 157 g/mol. The summed E-state index contributed by atoms with van der Waals surface area (Å²) in [5, 5.41) is 2.18. The average Bonchev–Trinajstić information content (AvgIpc) is 2.32. The summed E-state index contributed by atoms with van der Waals surface area (Å²) in [5.41, 5.74) is 0. The van der Waals surface area contributed by atoms with Crippen LogP contribution in [0.15, 0.2) is 18.3 Å². The molecule has 0 aliphatic rings. The molecule has 0 saturated carbocycles. The van der Waals surface area contributed by atoms with Crippen LogP contribution in [-0.2, 0) is 0 Å². The monoisotopic (exact) mass is 164 g/mol. The van der Waals surface area contributed by atoms with Crippen molar-refractivity contribution in [1.29, 1.82) is 0 Å². The molecule has 0 aliphatic heterocycles. The molecule has 0 atom stereocenters. The van der Waals surface area contributed by atoms with Crippen molar-refractivity contribution < 1.29 is 13.2 Å². The lowest BCUT2D eigenvalue weighted by atomic mass is 10.5. The van der Waals surface area contributed by atoms with Crippen LogP contribution in [0.25, 0.3) is 0 Å². The number of anilines is 1. The van der Waals surface area contributed by atoms with E-state index in [2.05, 4.69) is 10.3 Å². The Labute approximate surface area is 61.4 Å². The Kier molecular flexibility index (Phi) is 2.07. The fourth-order valence-electron chi connectivity index (χ4n) is 0.636. The van der Waals surface area contributed by atoms with Crippen LogP contribution >= 0.6 is 0 Å². The minimum atomic E-state index is -4.16. The number of H-pyrrole nitrogens is 1. The second kappa shape index (κ2) is 2.86. The smallest absolute Gasteiger partial charge is 0.363 e. The molecule has 5 heteroatoms. The van der Waals surface area contributed by atoms with Gasteiger partial charge in [0.15, 0.2) is 0 Å². The first-order valence-electron chi connectivity index (χ1n) is 3.02. The molecule has 0 spiro atoms. The van der Waals surface area contributed by atoms with Crippen molar-refractivity contribution in [1.82, 2.24) is 4.98 Å². The first-order valence-corrected chi connectivity index (χ1v) is 3.02. The Balaban J connectivity index is 2.35. The molecule has 0 radical (unpaired) electrons. The number of halogens is 3. The van der Waals surface area contributed by atoms with E-state index in [1.807, 2.05) is 0 Å². The maximum Gasteiger partial charge on any atom is 0.405 e. The first kappa shape index (κ1) is 7.97. The van der Waals surface area contributed by atoms with Crippen LogP contribution in [-0.4, -0.2) is 17.7 Å². The highest BCUT2D eigenvalue weighted by atomic mass is 19.4. The molecule has 0 aromatic carbocycles. The van der Waals surface area contributed by atoms with E-state index in [0.29, 0.717) is 5.82 Å². The zero-order valence-corrected chi connectivity index (χ0v) is 5.57. The van der Waals surface area contributed by atoms with Crippen molar-refractivity contribution in [3.63, 3.8) is 0 Å². The van der Waals surface area contributed by atoms with Crippen LogP contribution in [0.4, 0.5) is 19.0 Å². The summed E-state index contributed by atoms with van der Waals surface area (Å²) < 4.78 is 34.7. The average molecular weight is 164 g/mol. The van der Waals surface area contributed by atoms with Crippen LogP contribution in [0.5, 0.6) is 0 Å². The number of aromatic amines is 1. The van der Waals surface area contributed by atoms with Gasteiger partial charge in [0.2, 0.25) is 0 Å². The first-order chi connectivity index (χ1) is 5.08. The molecule has 0 fully saturated rings. The van der Waals surface area contributed by atoms with Gasteiger partial charge in [0.05, 0.1) is 0 Å². The summed E-state index contributed by atoms with van der Waals surface area (Å²) in [6.45, 7) is -1.01. The third-order valence-corrected chi connectivity index (χ3v) is 1.08. The van der Waals surface area contributed by atoms with Crippen molar-refractivity contribution in [2.45, 2.75) is 6.18 Å². The molecule has 0 aliphatic carbocycles. The summed E-state index contributed by atoms with van der Waals surface area (Å²) in [7, 11) is 0. The zero-order chi connectivity index (χ0) is 8.32. The van der Waals surface area contributed by atoms with E-state index < -0.39 is 12.7 Å². The molecule has 62 valence electrons. The summed E-state index contributed by atoms with van der Waals surface area (Å²) in [6.07, 6.45) is -2.61. The Bertz CT molecular complexity index is 202. The third kappa shape index (κ3) is 2.97. The topological polar surface area (TPSA) is 27.8 Å². The summed E-state index contributed by atoms with van der Waals surface area (Å²) in [4.78, 5) is 2.60. The van der Waals surface area contributed by atoms with E-state index >= 15 is 0 Å². The lowest BCUT2D eigenvalue weighted by molar-refractivity contribution is -0.115. The van der Waals surface area contributed by atoms with Gasteiger partial charge < -0.3 is 10.3 Å². The molecule has 11 heavy (non-hydrogen) atoms. The number of aromatic nitrogens is 1. The van der Waals surface area contributed by atoms with Gasteiger partial charge >= 0.3 is 6.18 Å². The molecule has 2 nitrogen and oxygen atoms in total. The fourth-order valence-corrected chi connectivity index (χ4v) is 0.636. The standard InChI is InChI=1S/C6H7F3N2/c7-6(8,9)4-11-5-2-1-3-10-5/h1-3,10-11H,4H2. The normalized spacial score (nSPS) is 11.5.